The van der Waals surface area contributed by atoms with Crippen LogP contribution in [0.15, 0.2) is 24.3 Å². The number of nitrogens with zero attached hydrogens (tertiary/aromatic N) is 2. The van der Waals surface area contributed by atoms with Crippen molar-refractivity contribution in [2.45, 2.75) is 18.6 Å². The second kappa shape index (κ2) is 6.14. The predicted octanol–water partition coefficient (Wildman–Crippen LogP) is 1.57. The van der Waals surface area contributed by atoms with Gasteiger partial charge in [-0.3, -0.25) is 4.79 Å². The molecule has 0 radical (unpaired) electrons. The van der Waals surface area contributed by atoms with Gasteiger partial charge in [-0.2, -0.15) is 18.4 Å². The maximum atomic E-state index is 12.5. The predicted molar refractivity (Wildman–Crippen MR) is 69.1 cm³/mol. The van der Waals surface area contributed by atoms with Crippen LogP contribution in [-0.4, -0.2) is 36.5 Å². The monoisotopic (exact) mass is 297 g/mol. The fourth-order valence-corrected chi connectivity index (χ4v) is 2.21. The van der Waals surface area contributed by atoms with E-state index in [0.29, 0.717) is 25.2 Å². The minimum atomic E-state index is -4.38. The van der Waals surface area contributed by atoms with Crippen LogP contribution in [0.1, 0.15) is 11.1 Å². The van der Waals surface area contributed by atoms with Gasteiger partial charge in [0.25, 0.3) is 0 Å². The summed E-state index contributed by atoms with van der Waals surface area (Å²) in [5.41, 5.74) is -0.237. The molecule has 1 amide bonds. The largest absolute Gasteiger partial charge is 0.416 e. The van der Waals surface area contributed by atoms with Gasteiger partial charge in [0.2, 0.25) is 5.91 Å². The molecular weight excluding hydrogens is 283 g/mol. The average molecular weight is 297 g/mol. The molecule has 1 atom stereocenters. The summed E-state index contributed by atoms with van der Waals surface area (Å²) in [5.74, 6) is -0.247. The third kappa shape index (κ3) is 3.73. The molecule has 2 rings (SSSR count). The van der Waals surface area contributed by atoms with Crippen LogP contribution in [0.4, 0.5) is 13.2 Å². The van der Waals surface area contributed by atoms with Gasteiger partial charge in [0.05, 0.1) is 18.1 Å². The smallest absolute Gasteiger partial charge is 0.324 e. The molecule has 0 spiro atoms. The zero-order valence-electron chi connectivity index (χ0n) is 11.2. The molecule has 1 fully saturated rings. The number of piperazine rings is 1. The third-order valence-corrected chi connectivity index (χ3v) is 3.35. The molecular formula is C14H14F3N3O. The minimum Gasteiger partial charge on any atom is -0.324 e. The van der Waals surface area contributed by atoms with Gasteiger partial charge in [-0.15, -0.1) is 0 Å². The molecule has 4 nitrogen and oxygen atoms in total. The highest BCUT2D eigenvalue weighted by Crippen LogP contribution is 2.29. The summed E-state index contributed by atoms with van der Waals surface area (Å²) < 4.78 is 37.4. The molecule has 112 valence electrons. The first kappa shape index (κ1) is 15.3. The summed E-state index contributed by atoms with van der Waals surface area (Å²) in [4.78, 5) is 13.6. The molecule has 1 heterocycles. The summed E-state index contributed by atoms with van der Waals surface area (Å²) in [5, 5.41) is 12.0. The topological polar surface area (TPSA) is 56.1 Å². The number of carbonyl (C=O) groups excluding carboxylic acids is 1. The fraction of sp³-hybridized carbons (Fsp3) is 0.429. The summed E-state index contributed by atoms with van der Waals surface area (Å²) in [6, 6.07) is 6.03. The summed E-state index contributed by atoms with van der Waals surface area (Å²) >= 11 is 0. The van der Waals surface area contributed by atoms with Gasteiger partial charge in [-0.25, -0.2) is 0 Å². The van der Waals surface area contributed by atoms with Crippen molar-refractivity contribution in [1.82, 2.24) is 10.2 Å². The quantitative estimate of drug-likeness (QED) is 0.901. The van der Waals surface area contributed by atoms with Crippen LogP contribution in [0.3, 0.4) is 0 Å². The molecule has 1 unspecified atom stereocenters. The number of halogens is 3. The number of amides is 1. The van der Waals surface area contributed by atoms with Crippen LogP contribution in [0.5, 0.6) is 0 Å². The second-order valence-electron chi connectivity index (χ2n) is 4.81. The fourth-order valence-electron chi connectivity index (χ4n) is 2.21. The molecule has 1 aromatic carbocycles. The molecule has 1 aliphatic rings. The summed E-state index contributed by atoms with van der Waals surface area (Å²) in [7, 11) is 0. The summed E-state index contributed by atoms with van der Waals surface area (Å²) in [6.07, 6.45) is -4.39. The van der Waals surface area contributed by atoms with Crippen LogP contribution >= 0.6 is 0 Å². The third-order valence-electron chi connectivity index (χ3n) is 3.35. The molecule has 0 aliphatic carbocycles. The molecule has 1 aromatic rings. The van der Waals surface area contributed by atoms with Crippen molar-refractivity contribution >= 4 is 5.91 Å². The van der Waals surface area contributed by atoms with Gasteiger partial charge >= 0.3 is 6.18 Å². The van der Waals surface area contributed by atoms with E-state index >= 15 is 0 Å². The molecule has 0 aromatic heterocycles. The average Bonchev–Trinajstić information content (AvgIpc) is 2.46. The van der Waals surface area contributed by atoms with Gasteiger partial charge in [0, 0.05) is 19.6 Å². The van der Waals surface area contributed by atoms with Gasteiger partial charge < -0.3 is 10.2 Å². The Hall–Kier alpha value is -2.07. The van der Waals surface area contributed by atoms with Crippen molar-refractivity contribution in [2.75, 3.05) is 19.6 Å². The number of nitriles is 1. The number of hydrogen-bond donors (Lipinski definition) is 1. The number of benzene rings is 1. The van der Waals surface area contributed by atoms with Crippen molar-refractivity contribution < 1.29 is 18.0 Å². The molecule has 1 aliphatic heterocycles. The number of nitrogens with one attached hydrogen (secondary N) is 1. The maximum absolute atomic E-state index is 12.5. The number of hydrogen-bond acceptors (Lipinski definition) is 3. The molecule has 0 saturated carbocycles. The van der Waals surface area contributed by atoms with Gasteiger partial charge in [-0.05, 0) is 17.7 Å². The van der Waals surface area contributed by atoms with Crippen LogP contribution in [0.25, 0.3) is 0 Å². The Kier molecular flexibility index (Phi) is 4.48. The second-order valence-corrected chi connectivity index (χ2v) is 4.81. The Morgan fingerprint density at radius 3 is 2.62 bits per heavy atom. The Morgan fingerprint density at radius 2 is 2.05 bits per heavy atom. The van der Waals surface area contributed by atoms with Crippen molar-refractivity contribution in [3.63, 3.8) is 0 Å². The lowest BCUT2D eigenvalue weighted by atomic mass is 10.1. The lowest BCUT2D eigenvalue weighted by molar-refractivity contribution is -0.137. The van der Waals surface area contributed by atoms with E-state index in [4.69, 9.17) is 5.26 Å². The SMILES string of the molecule is N#CC1CNCCN1C(=O)Cc1ccc(C(F)(F)F)cc1. The Balaban J connectivity index is 2.04. The zero-order valence-corrected chi connectivity index (χ0v) is 11.2. The highest BCUT2D eigenvalue weighted by atomic mass is 19.4. The van der Waals surface area contributed by atoms with Crippen LogP contribution < -0.4 is 5.32 Å². The normalized spacial score (nSPS) is 19.1. The Morgan fingerprint density at radius 1 is 1.38 bits per heavy atom. The van der Waals surface area contributed by atoms with Crippen molar-refractivity contribution in [3.8, 4) is 6.07 Å². The van der Waals surface area contributed by atoms with Crippen molar-refractivity contribution in [3.05, 3.63) is 35.4 Å². The van der Waals surface area contributed by atoms with E-state index in [1.165, 1.54) is 17.0 Å². The van der Waals surface area contributed by atoms with Gasteiger partial charge in [-0.1, -0.05) is 12.1 Å². The number of alkyl halides is 3. The zero-order chi connectivity index (χ0) is 15.5. The van der Waals surface area contributed by atoms with E-state index in [-0.39, 0.29) is 12.3 Å². The molecule has 21 heavy (non-hydrogen) atoms. The molecule has 1 N–H and O–H groups in total. The van der Waals surface area contributed by atoms with Crippen molar-refractivity contribution in [1.29, 1.82) is 5.26 Å². The van der Waals surface area contributed by atoms with E-state index < -0.39 is 17.8 Å². The lowest BCUT2D eigenvalue weighted by Gasteiger charge is -2.32. The highest BCUT2D eigenvalue weighted by molar-refractivity contribution is 5.79. The van der Waals surface area contributed by atoms with Crippen molar-refractivity contribution in [2.24, 2.45) is 0 Å². The molecule has 7 heteroatoms. The van der Waals surface area contributed by atoms with E-state index in [1.54, 1.807) is 0 Å². The minimum absolute atomic E-state index is 0.00365. The Labute approximate surface area is 120 Å². The summed E-state index contributed by atoms with van der Waals surface area (Å²) in [6.45, 7) is 1.45. The molecule has 0 bridgehead atoms. The first-order valence-electron chi connectivity index (χ1n) is 6.48. The first-order valence-corrected chi connectivity index (χ1v) is 6.48. The van der Waals surface area contributed by atoms with E-state index in [1.807, 2.05) is 6.07 Å². The van der Waals surface area contributed by atoms with E-state index in [2.05, 4.69) is 5.32 Å². The number of carbonyl (C=O) groups is 1. The maximum Gasteiger partial charge on any atom is 0.416 e. The van der Waals surface area contributed by atoms with Crippen LogP contribution in [0, 0.1) is 11.3 Å². The highest BCUT2D eigenvalue weighted by Gasteiger charge is 2.30. The molecule has 1 saturated heterocycles. The lowest BCUT2D eigenvalue weighted by Crippen LogP contribution is -2.53. The number of rotatable bonds is 2. The van der Waals surface area contributed by atoms with Gasteiger partial charge in [0.1, 0.15) is 6.04 Å². The Bertz CT molecular complexity index is 548. The van der Waals surface area contributed by atoms with E-state index in [9.17, 15) is 18.0 Å². The van der Waals surface area contributed by atoms with Crippen LogP contribution in [0.2, 0.25) is 0 Å². The first-order chi connectivity index (χ1) is 9.91. The van der Waals surface area contributed by atoms with Crippen LogP contribution in [-0.2, 0) is 17.4 Å². The standard InChI is InChI=1S/C14H14F3N3O/c15-14(16,17)11-3-1-10(2-4-11)7-13(21)20-6-5-19-9-12(20)8-18/h1-4,12,19H,5-7,9H2. The van der Waals surface area contributed by atoms with E-state index in [0.717, 1.165) is 12.1 Å². The van der Waals surface area contributed by atoms with Gasteiger partial charge in [0.15, 0.2) is 0 Å².